The van der Waals surface area contributed by atoms with Crippen molar-refractivity contribution in [2.75, 3.05) is 26.2 Å². The van der Waals surface area contributed by atoms with Gasteiger partial charge in [0.15, 0.2) is 0 Å². The Balaban J connectivity index is 1.59. The van der Waals surface area contributed by atoms with Gasteiger partial charge in [-0.25, -0.2) is 4.79 Å². The molecular formula is C21H35N3O4. The number of carbonyl (C=O) groups excluding carboxylic acids is 3. The molecule has 7 heteroatoms. The molecule has 2 aliphatic rings. The summed E-state index contributed by atoms with van der Waals surface area (Å²) in [6, 6.07) is 0. The topological polar surface area (TPSA) is 87.7 Å². The molecule has 28 heavy (non-hydrogen) atoms. The Hall–Kier alpha value is -2.05. The Morgan fingerprint density at radius 1 is 1.11 bits per heavy atom. The fraction of sp³-hybridized carbons (Fsp3) is 0.762. The summed E-state index contributed by atoms with van der Waals surface area (Å²) < 4.78 is 5.15. The summed E-state index contributed by atoms with van der Waals surface area (Å²) in [4.78, 5) is 37.7. The molecule has 1 aliphatic heterocycles. The van der Waals surface area contributed by atoms with Gasteiger partial charge in [-0.3, -0.25) is 9.59 Å². The zero-order valence-electron chi connectivity index (χ0n) is 17.5. The number of carbonyl (C=O) groups is 3. The van der Waals surface area contributed by atoms with E-state index >= 15 is 0 Å². The first-order valence-corrected chi connectivity index (χ1v) is 10.4. The van der Waals surface area contributed by atoms with Crippen LogP contribution in [0.5, 0.6) is 0 Å². The van der Waals surface area contributed by atoms with Crippen LogP contribution in [-0.2, 0) is 14.3 Å². The third-order valence-electron chi connectivity index (χ3n) is 5.12. The molecule has 0 unspecified atom stereocenters. The van der Waals surface area contributed by atoms with Crippen molar-refractivity contribution in [1.82, 2.24) is 15.5 Å². The standard InChI is InChI=1S/C21H35N3O4/c1-21(2,3)28-20(27)22-11-8-19(26)24-12-9-17(10-13-24)15-23-18(25)14-16-6-4-5-7-16/h14,17H,4-13,15H2,1-3H3,(H,22,27)(H,23,25). The number of rotatable bonds is 6. The molecule has 0 atom stereocenters. The fourth-order valence-electron chi connectivity index (χ4n) is 3.59. The average Bonchev–Trinajstić information content (AvgIpc) is 3.11. The van der Waals surface area contributed by atoms with E-state index in [2.05, 4.69) is 10.6 Å². The van der Waals surface area contributed by atoms with E-state index < -0.39 is 11.7 Å². The third kappa shape index (κ3) is 8.31. The second-order valence-electron chi connectivity index (χ2n) is 8.76. The molecule has 0 aromatic heterocycles. The van der Waals surface area contributed by atoms with Crippen molar-refractivity contribution in [3.05, 3.63) is 11.6 Å². The van der Waals surface area contributed by atoms with E-state index in [4.69, 9.17) is 4.74 Å². The lowest BCUT2D eigenvalue weighted by atomic mass is 9.96. The van der Waals surface area contributed by atoms with Crippen molar-refractivity contribution < 1.29 is 19.1 Å². The molecule has 1 heterocycles. The van der Waals surface area contributed by atoms with Crippen LogP contribution in [0.25, 0.3) is 0 Å². The quantitative estimate of drug-likeness (QED) is 0.679. The SMILES string of the molecule is CC(C)(C)OC(=O)NCCC(=O)N1CCC(CNC(=O)C=C2CCCC2)CC1. The van der Waals surface area contributed by atoms with E-state index in [0.717, 1.165) is 25.7 Å². The second-order valence-corrected chi connectivity index (χ2v) is 8.76. The zero-order valence-corrected chi connectivity index (χ0v) is 17.5. The summed E-state index contributed by atoms with van der Waals surface area (Å²) >= 11 is 0. The molecule has 2 rings (SSSR count). The van der Waals surface area contributed by atoms with Gasteiger partial charge in [0, 0.05) is 38.7 Å². The highest BCUT2D eigenvalue weighted by molar-refractivity contribution is 5.88. The molecule has 0 radical (unpaired) electrons. The Morgan fingerprint density at radius 3 is 2.36 bits per heavy atom. The summed E-state index contributed by atoms with van der Waals surface area (Å²) in [7, 11) is 0. The normalized spacial score (nSPS) is 18.0. The van der Waals surface area contributed by atoms with Gasteiger partial charge in [-0.1, -0.05) is 5.57 Å². The van der Waals surface area contributed by atoms with Crippen LogP contribution in [0.2, 0.25) is 0 Å². The van der Waals surface area contributed by atoms with Crippen LogP contribution in [0, 0.1) is 5.92 Å². The predicted molar refractivity (Wildman–Crippen MR) is 108 cm³/mol. The average molecular weight is 394 g/mol. The van der Waals surface area contributed by atoms with Crippen LogP contribution in [0.15, 0.2) is 11.6 Å². The van der Waals surface area contributed by atoms with Gasteiger partial charge in [-0.05, 0) is 65.2 Å². The Morgan fingerprint density at radius 2 is 1.75 bits per heavy atom. The van der Waals surface area contributed by atoms with Crippen LogP contribution in [0.3, 0.4) is 0 Å². The fourth-order valence-corrected chi connectivity index (χ4v) is 3.59. The van der Waals surface area contributed by atoms with E-state index in [-0.39, 0.29) is 24.8 Å². The highest BCUT2D eigenvalue weighted by Gasteiger charge is 2.23. The lowest BCUT2D eigenvalue weighted by Gasteiger charge is -2.32. The van der Waals surface area contributed by atoms with Gasteiger partial charge in [-0.2, -0.15) is 0 Å². The maximum absolute atomic E-state index is 12.3. The van der Waals surface area contributed by atoms with Crippen molar-refractivity contribution in [2.24, 2.45) is 5.92 Å². The lowest BCUT2D eigenvalue weighted by molar-refractivity contribution is -0.132. The maximum Gasteiger partial charge on any atom is 0.407 e. The third-order valence-corrected chi connectivity index (χ3v) is 5.12. The summed E-state index contributed by atoms with van der Waals surface area (Å²) in [5.74, 6) is 0.475. The molecule has 1 saturated heterocycles. The Labute approximate surface area is 168 Å². The van der Waals surface area contributed by atoms with Gasteiger partial charge >= 0.3 is 6.09 Å². The van der Waals surface area contributed by atoms with Crippen LogP contribution in [0.1, 0.15) is 65.7 Å². The summed E-state index contributed by atoms with van der Waals surface area (Å²) in [5.41, 5.74) is 0.719. The highest BCUT2D eigenvalue weighted by Crippen LogP contribution is 2.23. The van der Waals surface area contributed by atoms with E-state index in [1.54, 1.807) is 26.8 Å². The zero-order chi connectivity index (χ0) is 20.6. The Kier molecular flexibility index (Phi) is 8.33. The highest BCUT2D eigenvalue weighted by atomic mass is 16.6. The largest absolute Gasteiger partial charge is 0.444 e. The summed E-state index contributed by atoms with van der Waals surface area (Å²) in [6.45, 7) is 7.75. The minimum Gasteiger partial charge on any atom is -0.444 e. The molecular weight excluding hydrogens is 358 g/mol. The van der Waals surface area contributed by atoms with Crippen LogP contribution in [0.4, 0.5) is 4.79 Å². The number of alkyl carbamates (subject to hydrolysis) is 1. The molecule has 2 fully saturated rings. The minimum atomic E-state index is -0.543. The van der Waals surface area contributed by atoms with E-state index in [1.165, 1.54) is 18.4 Å². The van der Waals surface area contributed by atoms with E-state index in [9.17, 15) is 14.4 Å². The number of nitrogens with one attached hydrogen (secondary N) is 2. The number of hydrogen-bond acceptors (Lipinski definition) is 4. The van der Waals surface area contributed by atoms with Crippen LogP contribution >= 0.6 is 0 Å². The van der Waals surface area contributed by atoms with Gasteiger partial charge in [0.05, 0.1) is 0 Å². The molecule has 0 spiro atoms. The molecule has 0 aromatic carbocycles. The molecule has 1 saturated carbocycles. The summed E-state index contributed by atoms with van der Waals surface area (Å²) in [6.07, 6.45) is 7.81. The van der Waals surface area contributed by atoms with E-state index in [0.29, 0.717) is 25.6 Å². The van der Waals surface area contributed by atoms with Gasteiger partial charge < -0.3 is 20.3 Å². The number of nitrogens with zero attached hydrogens (tertiary/aromatic N) is 1. The molecule has 0 bridgehead atoms. The molecule has 7 nitrogen and oxygen atoms in total. The molecule has 2 N–H and O–H groups in total. The van der Waals surface area contributed by atoms with Crippen LogP contribution in [-0.4, -0.2) is 54.6 Å². The lowest BCUT2D eigenvalue weighted by Crippen LogP contribution is -2.42. The van der Waals surface area contributed by atoms with Crippen LogP contribution < -0.4 is 10.6 Å². The molecule has 3 amide bonds. The number of hydrogen-bond donors (Lipinski definition) is 2. The van der Waals surface area contributed by atoms with Gasteiger partial charge in [0.1, 0.15) is 5.60 Å². The van der Waals surface area contributed by atoms with Gasteiger partial charge in [0.25, 0.3) is 0 Å². The molecule has 158 valence electrons. The first kappa shape index (κ1) is 22.2. The van der Waals surface area contributed by atoms with Gasteiger partial charge in [0.2, 0.25) is 11.8 Å². The predicted octanol–water partition coefficient (Wildman–Crippen LogP) is 2.76. The first-order chi connectivity index (χ1) is 13.2. The second kappa shape index (κ2) is 10.5. The minimum absolute atomic E-state index is 0.0172. The van der Waals surface area contributed by atoms with E-state index in [1.807, 2.05) is 4.90 Å². The van der Waals surface area contributed by atoms with Crippen molar-refractivity contribution in [3.8, 4) is 0 Å². The van der Waals surface area contributed by atoms with Gasteiger partial charge in [-0.15, -0.1) is 0 Å². The monoisotopic (exact) mass is 393 g/mol. The molecule has 0 aromatic rings. The van der Waals surface area contributed by atoms with Crippen molar-refractivity contribution in [1.29, 1.82) is 0 Å². The number of piperidine rings is 1. The Bertz CT molecular complexity index is 579. The summed E-state index contributed by atoms with van der Waals surface area (Å²) in [5, 5.41) is 5.63. The van der Waals surface area contributed by atoms with Crippen molar-refractivity contribution >= 4 is 17.9 Å². The number of likely N-dealkylation sites (tertiary alicyclic amines) is 1. The number of allylic oxidation sites excluding steroid dienone is 1. The van der Waals surface area contributed by atoms with Crippen molar-refractivity contribution in [3.63, 3.8) is 0 Å². The first-order valence-electron chi connectivity index (χ1n) is 10.4. The van der Waals surface area contributed by atoms with Crippen molar-refractivity contribution in [2.45, 2.75) is 71.3 Å². The maximum atomic E-state index is 12.3. The smallest absolute Gasteiger partial charge is 0.407 e. The molecule has 1 aliphatic carbocycles. The number of ether oxygens (including phenoxy) is 1. The number of amides is 3.